The second kappa shape index (κ2) is 9.32. The van der Waals surface area contributed by atoms with E-state index in [1.54, 1.807) is 7.05 Å². The van der Waals surface area contributed by atoms with Gasteiger partial charge in [0.15, 0.2) is 15.8 Å². The predicted molar refractivity (Wildman–Crippen MR) is 103 cm³/mol. The number of nitrogens with one attached hydrogen (secondary N) is 2. The zero-order valence-electron chi connectivity index (χ0n) is 15.8. The molecule has 1 aromatic carbocycles. The van der Waals surface area contributed by atoms with E-state index in [2.05, 4.69) is 27.6 Å². The molecule has 0 aromatic heterocycles. The van der Waals surface area contributed by atoms with Crippen LogP contribution in [0.15, 0.2) is 23.2 Å². The van der Waals surface area contributed by atoms with Gasteiger partial charge in [-0.1, -0.05) is 6.07 Å². The molecule has 1 aliphatic rings. The van der Waals surface area contributed by atoms with Crippen LogP contribution in [0.3, 0.4) is 0 Å². The van der Waals surface area contributed by atoms with E-state index >= 15 is 0 Å². The average molecular weight is 385 g/mol. The van der Waals surface area contributed by atoms with Gasteiger partial charge >= 0.3 is 0 Å². The summed E-state index contributed by atoms with van der Waals surface area (Å²) < 4.78 is 36.7. The number of nitrogens with zero attached hydrogens (tertiary/aromatic N) is 2. The summed E-state index contributed by atoms with van der Waals surface area (Å²) in [6.07, 6.45) is 3.49. The molecule has 0 unspecified atom stereocenters. The second-order valence-corrected chi connectivity index (χ2v) is 9.18. The van der Waals surface area contributed by atoms with Crippen molar-refractivity contribution < 1.29 is 12.8 Å². The third-order valence-corrected chi connectivity index (χ3v) is 5.49. The van der Waals surface area contributed by atoms with Gasteiger partial charge < -0.3 is 15.5 Å². The van der Waals surface area contributed by atoms with E-state index < -0.39 is 9.84 Å². The summed E-state index contributed by atoms with van der Waals surface area (Å²) >= 11 is 0. The molecular weight excluding hydrogens is 355 g/mol. The quantitative estimate of drug-likeness (QED) is 0.573. The van der Waals surface area contributed by atoms with Gasteiger partial charge in [-0.05, 0) is 62.2 Å². The van der Waals surface area contributed by atoms with Crippen LogP contribution in [-0.4, -0.2) is 59.3 Å². The van der Waals surface area contributed by atoms with E-state index in [9.17, 15) is 12.8 Å². The van der Waals surface area contributed by atoms with Gasteiger partial charge in [0.05, 0.1) is 5.75 Å². The highest BCUT2D eigenvalue weighted by molar-refractivity contribution is 7.89. The first-order valence-corrected chi connectivity index (χ1v) is 10.9. The summed E-state index contributed by atoms with van der Waals surface area (Å²) in [5.74, 6) is 0.762. The van der Waals surface area contributed by atoms with Crippen LogP contribution in [0.4, 0.5) is 4.39 Å². The lowest BCUT2D eigenvalue weighted by molar-refractivity contribution is 0.220. The van der Waals surface area contributed by atoms with Crippen LogP contribution >= 0.6 is 0 Å². The number of hydrogen-bond donors (Lipinski definition) is 2. The molecule has 1 fully saturated rings. The van der Waals surface area contributed by atoms with Crippen molar-refractivity contribution in [3.05, 3.63) is 35.1 Å². The smallest absolute Gasteiger partial charge is 0.191 e. The molecule has 26 heavy (non-hydrogen) atoms. The lowest BCUT2D eigenvalue weighted by atomic mass is 9.97. The molecule has 0 saturated carbocycles. The van der Waals surface area contributed by atoms with Crippen molar-refractivity contribution in [3.63, 3.8) is 0 Å². The van der Waals surface area contributed by atoms with Crippen molar-refractivity contribution in [3.8, 4) is 0 Å². The summed E-state index contributed by atoms with van der Waals surface area (Å²) in [6.45, 7) is 3.37. The highest BCUT2D eigenvalue weighted by atomic mass is 32.2. The summed E-state index contributed by atoms with van der Waals surface area (Å²) in [4.78, 5) is 6.53. The van der Waals surface area contributed by atoms with Crippen molar-refractivity contribution >= 4 is 15.8 Å². The Labute approximate surface area is 155 Å². The van der Waals surface area contributed by atoms with Gasteiger partial charge in [-0.2, -0.15) is 0 Å². The Hall–Kier alpha value is -1.67. The summed E-state index contributed by atoms with van der Waals surface area (Å²) in [5.41, 5.74) is 1.23. The minimum atomic E-state index is -3.19. The van der Waals surface area contributed by atoms with Gasteiger partial charge in [0, 0.05) is 26.4 Å². The van der Waals surface area contributed by atoms with Crippen molar-refractivity contribution in [1.82, 2.24) is 15.5 Å². The SMILES string of the molecule is CN=C(NCc1cc(F)ccc1CS(C)(=O)=O)NCC1CCN(C)CC1. The Balaban J connectivity index is 1.92. The van der Waals surface area contributed by atoms with Crippen LogP contribution in [0.5, 0.6) is 0 Å². The highest BCUT2D eigenvalue weighted by Crippen LogP contribution is 2.15. The van der Waals surface area contributed by atoms with E-state index in [-0.39, 0.29) is 11.6 Å². The zero-order chi connectivity index (χ0) is 19.2. The van der Waals surface area contributed by atoms with Gasteiger partial charge in [0.1, 0.15) is 5.82 Å². The molecule has 1 saturated heterocycles. The topological polar surface area (TPSA) is 73.8 Å². The number of piperidine rings is 1. The Morgan fingerprint density at radius 2 is 1.96 bits per heavy atom. The molecule has 1 aliphatic heterocycles. The monoisotopic (exact) mass is 384 g/mol. The molecule has 146 valence electrons. The molecule has 0 spiro atoms. The fourth-order valence-corrected chi connectivity index (χ4v) is 3.94. The van der Waals surface area contributed by atoms with Crippen LogP contribution < -0.4 is 10.6 Å². The van der Waals surface area contributed by atoms with E-state index in [1.165, 1.54) is 24.5 Å². The van der Waals surface area contributed by atoms with Crippen LogP contribution in [-0.2, 0) is 22.1 Å². The number of benzene rings is 1. The summed E-state index contributed by atoms with van der Waals surface area (Å²) in [7, 11) is 0.638. The van der Waals surface area contributed by atoms with Gasteiger partial charge in [0.25, 0.3) is 0 Å². The largest absolute Gasteiger partial charge is 0.356 e. The maximum atomic E-state index is 13.6. The number of guanidine groups is 1. The number of aliphatic imine (C=N–C) groups is 1. The Kier molecular flexibility index (Phi) is 7.40. The van der Waals surface area contributed by atoms with Gasteiger partial charge in [0.2, 0.25) is 0 Å². The number of halogens is 1. The first kappa shape index (κ1) is 20.6. The number of rotatable bonds is 6. The predicted octanol–water partition coefficient (Wildman–Crippen LogP) is 1.38. The molecule has 6 nitrogen and oxygen atoms in total. The molecule has 0 radical (unpaired) electrons. The molecule has 0 atom stereocenters. The standard InChI is InChI=1S/C18H29FN4O2S/c1-20-18(21-11-14-6-8-23(2)9-7-14)22-12-16-10-17(19)5-4-15(16)13-26(3,24)25/h4-5,10,14H,6-9,11-13H2,1-3H3,(H2,20,21,22). The summed E-state index contributed by atoms with van der Waals surface area (Å²) in [6, 6.07) is 4.19. The van der Waals surface area contributed by atoms with Crippen LogP contribution in [0, 0.1) is 11.7 Å². The molecule has 8 heteroatoms. The van der Waals surface area contributed by atoms with Crippen molar-refractivity contribution in [2.45, 2.75) is 25.1 Å². The van der Waals surface area contributed by atoms with E-state index in [0.29, 0.717) is 29.5 Å². The van der Waals surface area contributed by atoms with Gasteiger partial charge in [-0.25, -0.2) is 12.8 Å². The molecule has 2 N–H and O–H groups in total. The van der Waals surface area contributed by atoms with E-state index in [0.717, 1.165) is 32.5 Å². The lowest BCUT2D eigenvalue weighted by Crippen LogP contribution is -2.42. The number of sulfone groups is 1. The minimum absolute atomic E-state index is 0.105. The fourth-order valence-electron chi connectivity index (χ4n) is 3.09. The normalized spacial score (nSPS) is 17.3. The van der Waals surface area contributed by atoms with Gasteiger partial charge in [-0.15, -0.1) is 0 Å². The lowest BCUT2D eigenvalue weighted by Gasteiger charge is -2.29. The Morgan fingerprint density at radius 3 is 2.58 bits per heavy atom. The first-order chi connectivity index (χ1) is 12.3. The number of hydrogen-bond acceptors (Lipinski definition) is 4. The minimum Gasteiger partial charge on any atom is -0.356 e. The zero-order valence-corrected chi connectivity index (χ0v) is 16.6. The third kappa shape index (κ3) is 6.92. The fraction of sp³-hybridized carbons (Fsp3) is 0.611. The molecule has 0 amide bonds. The Bertz CT molecular complexity index is 729. The maximum absolute atomic E-state index is 13.6. The third-order valence-electron chi connectivity index (χ3n) is 4.65. The maximum Gasteiger partial charge on any atom is 0.191 e. The number of likely N-dealkylation sites (tertiary alicyclic amines) is 1. The summed E-state index contributed by atoms with van der Waals surface area (Å²) in [5, 5.41) is 6.47. The molecular formula is C18H29FN4O2S. The Morgan fingerprint density at radius 1 is 1.27 bits per heavy atom. The van der Waals surface area contributed by atoms with Gasteiger partial charge in [-0.3, -0.25) is 4.99 Å². The van der Waals surface area contributed by atoms with Crippen LogP contribution in [0.1, 0.15) is 24.0 Å². The van der Waals surface area contributed by atoms with Crippen LogP contribution in [0.25, 0.3) is 0 Å². The molecule has 1 heterocycles. The van der Waals surface area contributed by atoms with E-state index in [4.69, 9.17) is 0 Å². The second-order valence-electron chi connectivity index (χ2n) is 7.04. The molecule has 1 aromatic rings. The van der Waals surface area contributed by atoms with Crippen molar-refractivity contribution in [2.75, 3.05) is 40.0 Å². The van der Waals surface area contributed by atoms with Crippen molar-refractivity contribution in [1.29, 1.82) is 0 Å². The highest BCUT2D eigenvalue weighted by Gasteiger charge is 2.17. The molecule has 0 aliphatic carbocycles. The average Bonchev–Trinajstić information content (AvgIpc) is 2.57. The molecule has 0 bridgehead atoms. The van der Waals surface area contributed by atoms with Crippen molar-refractivity contribution in [2.24, 2.45) is 10.9 Å². The van der Waals surface area contributed by atoms with Crippen LogP contribution in [0.2, 0.25) is 0 Å². The first-order valence-electron chi connectivity index (χ1n) is 8.85. The van der Waals surface area contributed by atoms with E-state index in [1.807, 2.05) is 0 Å². The molecule has 2 rings (SSSR count).